The molecule has 0 spiro atoms. The van der Waals surface area contributed by atoms with Crippen molar-refractivity contribution >= 4 is 94.7 Å². The number of carbonyl (C=O) groups excluding carboxylic acids is 2. The first-order valence-electron chi connectivity index (χ1n) is 11.2. The summed E-state index contributed by atoms with van der Waals surface area (Å²) in [6.07, 6.45) is 1.88. The number of rotatable bonds is 1. The molecule has 2 aliphatic heterocycles. The second kappa shape index (κ2) is 7.27. The minimum absolute atomic E-state index is 0.0450. The zero-order valence-corrected chi connectivity index (χ0v) is 23.6. The first-order chi connectivity index (χ1) is 16.4. The van der Waals surface area contributed by atoms with Crippen molar-refractivity contribution in [3.63, 3.8) is 0 Å². The van der Waals surface area contributed by atoms with E-state index in [0.29, 0.717) is 16.7 Å². The van der Waals surface area contributed by atoms with Crippen molar-refractivity contribution in [2.24, 2.45) is 0 Å². The Morgan fingerprint density at radius 2 is 1.50 bits per heavy atom. The molecule has 0 radical (unpaired) electrons. The van der Waals surface area contributed by atoms with Gasteiger partial charge in [-0.2, -0.15) is 0 Å². The molecule has 3 aliphatic rings. The van der Waals surface area contributed by atoms with E-state index >= 15 is 0 Å². The summed E-state index contributed by atoms with van der Waals surface area (Å²) in [4.78, 5) is 28.5. The Kier molecular flexibility index (Phi) is 4.47. The van der Waals surface area contributed by atoms with Crippen LogP contribution >= 0.6 is 0 Å². The van der Waals surface area contributed by atoms with Gasteiger partial charge in [-0.25, -0.2) is 0 Å². The van der Waals surface area contributed by atoms with Crippen LogP contribution in [0.4, 0.5) is 15.9 Å². The van der Waals surface area contributed by atoms with Crippen LogP contribution in [0.5, 0.6) is 0 Å². The summed E-state index contributed by atoms with van der Waals surface area (Å²) in [5, 5.41) is 3.01. The number of ketones is 2. The summed E-state index contributed by atoms with van der Waals surface area (Å²) < 4.78 is 5.46. The summed E-state index contributed by atoms with van der Waals surface area (Å²) in [5.74, 6) is -0.277. The average molecular weight is 636 g/mol. The maximum absolute atomic E-state index is 13.0. The van der Waals surface area contributed by atoms with Crippen LogP contribution in [0.25, 0.3) is 6.08 Å². The molecule has 3 aromatic carbocycles. The van der Waals surface area contributed by atoms with Gasteiger partial charge in [-0.3, -0.25) is 0 Å². The summed E-state index contributed by atoms with van der Waals surface area (Å²) in [5.41, 5.74) is 4.14. The van der Waals surface area contributed by atoms with E-state index < -0.39 is 29.0 Å². The molecule has 1 aromatic heterocycles. The number of para-hydroxylation sites is 2. The van der Waals surface area contributed by atoms with Crippen LogP contribution in [0.3, 0.4) is 0 Å². The Bertz CT molecular complexity index is 1580. The van der Waals surface area contributed by atoms with Crippen LogP contribution in [0.2, 0.25) is 13.1 Å². The fourth-order valence-electron chi connectivity index (χ4n) is 5.36. The van der Waals surface area contributed by atoms with Crippen molar-refractivity contribution in [2.75, 3.05) is 4.90 Å². The van der Waals surface area contributed by atoms with E-state index in [1.54, 1.807) is 12.1 Å². The van der Waals surface area contributed by atoms with Crippen molar-refractivity contribution in [2.45, 2.75) is 13.1 Å². The molecule has 0 fully saturated rings. The van der Waals surface area contributed by atoms with Crippen molar-refractivity contribution < 1.29 is 9.59 Å². The molecule has 7 rings (SSSR count). The molecule has 0 saturated carbocycles. The van der Waals surface area contributed by atoms with E-state index in [4.69, 9.17) is 0 Å². The van der Waals surface area contributed by atoms with Crippen LogP contribution in [-0.2, 0) is 0 Å². The van der Waals surface area contributed by atoms with Gasteiger partial charge < -0.3 is 0 Å². The molecule has 164 valence electrons. The topological polar surface area (TPSA) is 37.4 Å². The minimum atomic E-state index is -1.79. The number of Topliss-reactive ketones (excluding diaryl/α,β-unsaturated/α-hetero) is 2. The van der Waals surface area contributed by atoms with Crippen molar-refractivity contribution in [3.8, 4) is 0 Å². The second-order valence-electron chi connectivity index (χ2n) is 9.31. The van der Waals surface area contributed by atoms with Gasteiger partial charge in [0.05, 0.1) is 0 Å². The first-order valence-corrected chi connectivity index (χ1v) is 18.2. The number of carbonyl (C=O) groups is 2. The predicted octanol–water partition coefficient (Wildman–Crippen LogP) is 2.78. The van der Waals surface area contributed by atoms with Crippen molar-refractivity contribution in [1.82, 2.24) is 0 Å². The summed E-state index contributed by atoms with van der Waals surface area (Å²) in [7, 11) is -1.79. The third kappa shape index (κ3) is 2.75. The predicted molar refractivity (Wildman–Crippen MR) is 143 cm³/mol. The SMILES string of the molecule is C[Si]1(C)c2ccccc2N2c3[se]c(C=C4C(=O)c5ccccc5C4=O)cc3[Te]c3cccc1c32. The van der Waals surface area contributed by atoms with Gasteiger partial charge in [0.25, 0.3) is 0 Å². The fraction of sp³-hybridized carbons (Fsp3) is 0.0714. The Labute approximate surface area is 215 Å². The van der Waals surface area contributed by atoms with Gasteiger partial charge in [0.2, 0.25) is 0 Å². The van der Waals surface area contributed by atoms with Crippen LogP contribution in [0.15, 0.2) is 78.4 Å². The number of benzene rings is 3. The van der Waals surface area contributed by atoms with E-state index in [1.165, 1.54) is 33.5 Å². The Hall–Kier alpha value is -2.45. The fourth-order valence-corrected chi connectivity index (χ4v) is 15.5. The number of nitrogens with zero attached hydrogens (tertiary/aromatic N) is 1. The summed E-state index contributed by atoms with van der Waals surface area (Å²) >= 11 is -0.489. The first kappa shape index (κ1) is 20.9. The Balaban J connectivity index is 1.40. The second-order valence-corrected chi connectivity index (χ2v) is 19.0. The average Bonchev–Trinajstić information content (AvgIpc) is 3.35. The molecule has 0 unspecified atom stereocenters. The monoisotopic (exact) mass is 639 g/mol. The van der Waals surface area contributed by atoms with Crippen molar-refractivity contribution in [1.29, 1.82) is 0 Å². The molecule has 1 aliphatic carbocycles. The van der Waals surface area contributed by atoms with Crippen LogP contribution in [-0.4, -0.2) is 55.1 Å². The molecular weight excluding hydrogens is 617 g/mol. The third-order valence-electron chi connectivity index (χ3n) is 7.03. The molecular formula is C28H19NO2SeSiTe. The summed E-state index contributed by atoms with van der Waals surface area (Å²) in [6, 6.07) is 25.2. The van der Waals surface area contributed by atoms with Crippen LogP contribution in [0.1, 0.15) is 25.2 Å². The summed E-state index contributed by atoms with van der Waals surface area (Å²) in [6.45, 7) is 4.93. The molecule has 0 saturated heterocycles. The Morgan fingerprint density at radius 3 is 2.26 bits per heavy atom. The van der Waals surface area contributed by atoms with Crippen molar-refractivity contribution in [3.05, 3.63) is 93.9 Å². The molecule has 0 atom stereocenters. The van der Waals surface area contributed by atoms with Gasteiger partial charge in [0.1, 0.15) is 0 Å². The van der Waals surface area contributed by atoms with E-state index in [9.17, 15) is 9.59 Å². The molecule has 34 heavy (non-hydrogen) atoms. The molecule has 0 amide bonds. The third-order valence-corrected chi connectivity index (χ3v) is 16.8. The van der Waals surface area contributed by atoms with Gasteiger partial charge in [-0.15, -0.1) is 0 Å². The number of hydrogen-bond acceptors (Lipinski definition) is 3. The number of allylic oxidation sites excluding steroid dienone is 1. The van der Waals surface area contributed by atoms with Gasteiger partial charge >= 0.3 is 216 Å². The van der Waals surface area contributed by atoms with Crippen LogP contribution in [0, 0.1) is 0 Å². The van der Waals surface area contributed by atoms with E-state index in [0.717, 1.165) is 4.44 Å². The number of anilines is 3. The maximum atomic E-state index is 13.0. The quantitative estimate of drug-likeness (QED) is 0.162. The van der Waals surface area contributed by atoms with Gasteiger partial charge in [0.15, 0.2) is 0 Å². The zero-order chi connectivity index (χ0) is 23.2. The molecule has 3 heterocycles. The number of fused-ring (bicyclic) bond motifs is 5. The van der Waals surface area contributed by atoms with E-state index in [-0.39, 0.29) is 26.1 Å². The van der Waals surface area contributed by atoms with E-state index in [2.05, 4.69) is 66.5 Å². The standard InChI is InChI=1S/C28H19NO2SeSiTe/c1-33(2)21-11-6-5-10-20(21)29-25-22(33)12-7-13-23(25)34-24-15-16(32-28(24)29)14-19-26(30)17-8-3-4-9-18(17)27(19)31/h3-15H,1-2H3. The molecule has 3 nitrogen and oxygen atoms in total. The zero-order valence-electron chi connectivity index (χ0n) is 18.6. The van der Waals surface area contributed by atoms with Crippen LogP contribution < -0.4 is 22.5 Å². The number of hydrogen-bond donors (Lipinski definition) is 0. The molecule has 0 N–H and O–H groups in total. The Morgan fingerprint density at radius 1 is 0.824 bits per heavy atom. The van der Waals surface area contributed by atoms with E-state index in [1.807, 2.05) is 18.2 Å². The normalized spacial score (nSPS) is 16.6. The van der Waals surface area contributed by atoms with Gasteiger partial charge in [0, 0.05) is 0 Å². The molecule has 4 aromatic rings. The molecule has 0 bridgehead atoms. The van der Waals surface area contributed by atoms with Gasteiger partial charge in [-0.05, 0) is 0 Å². The molecule has 6 heteroatoms. The van der Waals surface area contributed by atoms with Gasteiger partial charge in [-0.1, -0.05) is 0 Å².